The molecule has 4 aromatic heterocycles. The highest BCUT2D eigenvalue weighted by atomic mass is 16.3. The second-order valence-corrected chi connectivity index (χ2v) is 15.4. The van der Waals surface area contributed by atoms with Crippen molar-refractivity contribution in [3.63, 3.8) is 0 Å². The molecule has 0 bridgehead atoms. The summed E-state index contributed by atoms with van der Waals surface area (Å²) in [7, 11) is 1.94. The number of hydrogen-bond donors (Lipinski definition) is 1. The van der Waals surface area contributed by atoms with Gasteiger partial charge in [-0.15, -0.1) is 0 Å². The highest BCUT2D eigenvalue weighted by Crippen LogP contribution is 2.41. The molecule has 8 nitrogen and oxygen atoms in total. The van der Waals surface area contributed by atoms with Gasteiger partial charge in [0, 0.05) is 62.9 Å². The monoisotopic (exact) mass is 825 g/mol. The van der Waals surface area contributed by atoms with E-state index in [0.29, 0.717) is 11.7 Å². The van der Waals surface area contributed by atoms with Crippen LogP contribution in [0.2, 0.25) is 0 Å². The number of aliphatic imine (C=N–C) groups is 3. The number of furan rings is 1. The zero-order valence-electron chi connectivity index (χ0n) is 34.9. The predicted molar refractivity (Wildman–Crippen MR) is 265 cm³/mol. The number of nitrogens with zero attached hydrogens (tertiary/aromatic N) is 6. The van der Waals surface area contributed by atoms with Crippen LogP contribution in [0.3, 0.4) is 0 Å². The van der Waals surface area contributed by atoms with E-state index in [4.69, 9.17) is 19.4 Å². The second-order valence-electron chi connectivity index (χ2n) is 15.4. The number of para-hydroxylation sites is 2. The first-order chi connectivity index (χ1) is 31.6. The summed E-state index contributed by atoms with van der Waals surface area (Å²) in [5, 5.41) is 6.64. The third-order valence-corrected chi connectivity index (χ3v) is 11.6. The zero-order valence-corrected chi connectivity index (χ0v) is 34.9. The fourth-order valence-electron chi connectivity index (χ4n) is 8.56. The number of fused-ring (bicyclic) bond motifs is 6. The summed E-state index contributed by atoms with van der Waals surface area (Å²) in [6.07, 6.45) is 1.80. The van der Waals surface area contributed by atoms with Crippen LogP contribution in [0, 0.1) is 0 Å². The maximum atomic E-state index is 6.07. The SMILES string of the molecule is C=NC(=NC(=Nc1ccc(-c2ccc3c(c2)c2ccccc2n3-c2cccc(-c3ccc4oc5cccnc5c4c3)n2)cc1-c1ccccc1NC)c1ccccc1)c1ccccc1. The molecule has 1 N–H and O–H groups in total. The minimum absolute atomic E-state index is 0.494. The van der Waals surface area contributed by atoms with E-state index in [2.05, 4.69) is 136 Å². The van der Waals surface area contributed by atoms with E-state index in [1.54, 1.807) is 6.20 Å². The van der Waals surface area contributed by atoms with Gasteiger partial charge in [-0.2, -0.15) is 0 Å². The van der Waals surface area contributed by atoms with Crippen molar-refractivity contribution in [2.24, 2.45) is 15.0 Å². The standard InChI is InChI=1S/C56H39N7O/c1-57-47-21-11-9-19-41(47)43-33-38(26-29-48(43)61-56(37-17-7-4-8-18-37)62-55(58-2)36-15-5-3-6-16-36)39-27-30-50-44(34-39)42-20-10-12-23-49(42)63(50)53-25-13-22-46(60-53)40-28-31-51-45(35-40)54-52(64-51)24-14-32-59-54/h3-35,57H,2H2,1H3. The predicted octanol–water partition coefficient (Wildman–Crippen LogP) is 13.7. The Morgan fingerprint density at radius 2 is 1.27 bits per heavy atom. The molecule has 8 heteroatoms. The van der Waals surface area contributed by atoms with E-state index in [1.807, 2.05) is 92.0 Å². The van der Waals surface area contributed by atoms with Crippen molar-refractivity contribution in [3.8, 4) is 39.3 Å². The lowest BCUT2D eigenvalue weighted by Gasteiger charge is -2.15. The van der Waals surface area contributed by atoms with Gasteiger partial charge in [-0.05, 0) is 96.7 Å². The smallest absolute Gasteiger partial charge is 0.162 e. The molecule has 11 aromatic rings. The Balaban J connectivity index is 1.04. The third-order valence-electron chi connectivity index (χ3n) is 11.6. The molecule has 0 saturated carbocycles. The van der Waals surface area contributed by atoms with E-state index in [9.17, 15) is 0 Å². The maximum absolute atomic E-state index is 6.07. The van der Waals surface area contributed by atoms with E-state index >= 15 is 0 Å². The Morgan fingerprint density at radius 1 is 0.562 bits per heavy atom. The van der Waals surface area contributed by atoms with Gasteiger partial charge in [0.25, 0.3) is 0 Å². The second kappa shape index (κ2) is 16.3. The van der Waals surface area contributed by atoms with Gasteiger partial charge in [0.05, 0.1) is 22.4 Å². The molecule has 4 heterocycles. The molecule has 0 aliphatic rings. The molecule has 64 heavy (non-hydrogen) atoms. The molecule has 304 valence electrons. The number of benzene rings is 7. The Morgan fingerprint density at radius 3 is 2.09 bits per heavy atom. The molecule has 7 aromatic carbocycles. The number of rotatable bonds is 8. The van der Waals surface area contributed by atoms with Crippen molar-refractivity contribution < 1.29 is 4.42 Å². The van der Waals surface area contributed by atoms with Crippen molar-refractivity contribution in [1.29, 1.82) is 0 Å². The van der Waals surface area contributed by atoms with Crippen LogP contribution in [0.4, 0.5) is 11.4 Å². The van der Waals surface area contributed by atoms with Gasteiger partial charge in [-0.1, -0.05) is 115 Å². The number of amidine groups is 2. The lowest BCUT2D eigenvalue weighted by molar-refractivity contribution is 0.668. The topological polar surface area (TPSA) is 93.0 Å². The quantitative estimate of drug-likeness (QED) is 0.122. The Kier molecular flexibility index (Phi) is 9.71. The average molecular weight is 826 g/mol. The fourth-order valence-corrected chi connectivity index (χ4v) is 8.56. The van der Waals surface area contributed by atoms with Crippen molar-refractivity contribution in [1.82, 2.24) is 14.5 Å². The number of pyridine rings is 2. The lowest BCUT2D eigenvalue weighted by atomic mass is 9.95. The molecule has 0 radical (unpaired) electrons. The summed E-state index contributed by atoms with van der Waals surface area (Å²) in [4.78, 5) is 24.5. The van der Waals surface area contributed by atoms with E-state index in [1.165, 1.54) is 0 Å². The van der Waals surface area contributed by atoms with Crippen LogP contribution in [-0.4, -0.2) is 40.0 Å². The molecule has 0 saturated heterocycles. The summed E-state index contributed by atoms with van der Waals surface area (Å²) in [6, 6.07) is 66.0. The van der Waals surface area contributed by atoms with Crippen molar-refractivity contribution >= 4 is 73.6 Å². The minimum Gasteiger partial charge on any atom is -0.454 e. The van der Waals surface area contributed by atoms with E-state index in [-0.39, 0.29) is 0 Å². The van der Waals surface area contributed by atoms with E-state index in [0.717, 1.165) is 106 Å². The maximum Gasteiger partial charge on any atom is 0.162 e. The molecule has 0 unspecified atom stereocenters. The van der Waals surface area contributed by atoms with E-state index < -0.39 is 0 Å². The molecular formula is C56H39N7O. The van der Waals surface area contributed by atoms with Crippen LogP contribution in [0.15, 0.2) is 220 Å². The number of anilines is 1. The van der Waals surface area contributed by atoms with Crippen LogP contribution < -0.4 is 5.32 Å². The Hall–Kier alpha value is -8.75. The van der Waals surface area contributed by atoms with Crippen LogP contribution in [0.25, 0.3) is 83.2 Å². The van der Waals surface area contributed by atoms with Crippen LogP contribution in [0.1, 0.15) is 11.1 Å². The highest BCUT2D eigenvalue weighted by molar-refractivity contribution is 6.14. The van der Waals surface area contributed by atoms with Gasteiger partial charge in [-0.25, -0.2) is 20.0 Å². The molecular weight excluding hydrogens is 787 g/mol. The number of hydrogen-bond acceptors (Lipinski definition) is 5. The number of nitrogens with one attached hydrogen (secondary N) is 1. The van der Waals surface area contributed by atoms with Gasteiger partial charge in [0.2, 0.25) is 0 Å². The van der Waals surface area contributed by atoms with Crippen LogP contribution in [-0.2, 0) is 0 Å². The van der Waals surface area contributed by atoms with Crippen molar-refractivity contribution in [3.05, 3.63) is 211 Å². The Labute approximate surface area is 369 Å². The Bertz CT molecular complexity index is 3620. The fraction of sp³-hybridized carbons (Fsp3) is 0.0179. The zero-order chi connectivity index (χ0) is 43.0. The molecule has 0 spiro atoms. The summed E-state index contributed by atoms with van der Waals surface area (Å²) >= 11 is 0. The molecule has 0 amide bonds. The van der Waals surface area contributed by atoms with Crippen molar-refractivity contribution in [2.75, 3.05) is 12.4 Å². The highest BCUT2D eigenvalue weighted by Gasteiger charge is 2.18. The summed E-state index contributed by atoms with van der Waals surface area (Å²) < 4.78 is 8.32. The van der Waals surface area contributed by atoms with Crippen LogP contribution >= 0.6 is 0 Å². The van der Waals surface area contributed by atoms with Crippen LogP contribution in [0.5, 0.6) is 0 Å². The summed E-state index contributed by atoms with van der Waals surface area (Å²) in [5.41, 5.74) is 14.0. The van der Waals surface area contributed by atoms with Gasteiger partial charge in [0.1, 0.15) is 16.9 Å². The summed E-state index contributed by atoms with van der Waals surface area (Å²) in [5.74, 6) is 1.86. The lowest BCUT2D eigenvalue weighted by Crippen LogP contribution is -2.04. The van der Waals surface area contributed by atoms with Crippen molar-refractivity contribution in [2.45, 2.75) is 0 Å². The largest absolute Gasteiger partial charge is 0.454 e. The molecule has 11 rings (SSSR count). The molecule has 0 atom stereocenters. The first-order valence-electron chi connectivity index (χ1n) is 21.1. The average Bonchev–Trinajstić information content (AvgIpc) is 3.91. The first kappa shape index (κ1) is 38.2. The molecule has 0 aliphatic heterocycles. The summed E-state index contributed by atoms with van der Waals surface area (Å²) in [6.45, 7) is 3.86. The van der Waals surface area contributed by atoms with Gasteiger partial charge >= 0.3 is 0 Å². The number of aromatic nitrogens is 3. The molecule has 0 fully saturated rings. The first-order valence-corrected chi connectivity index (χ1v) is 21.1. The minimum atomic E-state index is 0.494. The third kappa shape index (κ3) is 6.89. The van der Waals surface area contributed by atoms with Gasteiger partial charge in [-0.3, -0.25) is 9.55 Å². The normalized spacial score (nSPS) is 12.1. The van der Waals surface area contributed by atoms with Gasteiger partial charge < -0.3 is 9.73 Å². The van der Waals surface area contributed by atoms with Gasteiger partial charge in [0.15, 0.2) is 17.3 Å². The molecule has 0 aliphatic carbocycles.